The SMILES string of the molecule is COc1ccccc1N1CCN(C(=O)c2cc3n(n2)C(C(F)(F)F)CC(c2ccc(Cl)cc2)N3)CC1. The van der Waals surface area contributed by atoms with Gasteiger partial charge in [-0.1, -0.05) is 35.9 Å². The van der Waals surface area contributed by atoms with Crippen LogP contribution in [0.15, 0.2) is 54.6 Å². The van der Waals surface area contributed by atoms with Crippen LogP contribution in [0.4, 0.5) is 24.7 Å². The number of hydrogen-bond acceptors (Lipinski definition) is 5. The smallest absolute Gasteiger partial charge is 0.410 e. The van der Waals surface area contributed by atoms with E-state index in [-0.39, 0.29) is 23.8 Å². The topological polar surface area (TPSA) is 62.6 Å². The molecule has 5 rings (SSSR count). The van der Waals surface area contributed by atoms with Gasteiger partial charge in [0.15, 0.2) is 11.7 Å². The fourth-order valence-corrected chi connectivity index (χ4v) is 4.92. The summed E-state index contributed by atoms with van der Waals surface area (Å²) in [7, 11) is 1.61. The number of nitrogens with one attached hydrogen (secondary N) is 1. The lowest BCUT2D eigenvalue weighted by Gasteiger charge is -2.36. The Labute approximate surface area is 211 Å². The van der Waals surface area contributed by atoms with E-state index in [1.54, 1.807) is 36.3 Å². The van der Waals surface area contributed by atoms with E-state index in [9.17, 15) is 18.0 Å². The van der Waals surface area contributed by atoms with Gasteiger partial charge in [0.05, 0.1) is 18.8 Å². The second-order valence-corrected chi connectivity index (χ2v) is 9.29. The van der Waals surface area contributed by atoms with Gasteiger partial charge in [-0.3, -0.25) is 4.79 Å². The highest BCUT2D eigenvalue weighted by Crippen LogP contribution is 2.43. The first kappa shape index (κ1) is 24.3. The Morgan fingerprint density at radius 2 is 1.78 bits per heavy atom. The number of methoxy groups -OCH3 is 1. The van der Waals surface area contributed by atoms with E-state index in [2.05, 4.69) is 15.3 Å². The second-order valence-electron chi connectivity index (χ2n) is 8.85. The van der Waals surface area contributed by atoms with Gasteiger partial charge in [0.25, 0.3) is 5.91 Å². The van der Waals surface area contributed by atoms with Gasteiger partial charge in [-0.15, -0.1) is 0 Å². The molecule has 1 aromatic heterocycles. The Morgan fingerprint density at radius 1 is 1.08 bits per heavy atom. The average molecular weight is 520 g/mol. The number of fused-ring (bicyclic) bond motifs is 1. The summed E-state index contributed by atoms with van der Waals surface area (Å²) in [5.74, 6) is 0.528. The predicted molar refractivity (Wildman–Crippen MR) is 131 cm³/mol. The molecule has 36 heavy (non-hydrogen) atoms. The van der Waals surface area contributed by atoms with Crippen LogP contribution in [0.1, 0.15) is 34.6 Å². The lowest BCUT2D eigenvalue weighted by atomic mass is 9.97. The molecule has 3 heterocycles. The maximum absolute atomic E-state index is 14.0. The van der Waals surface area contributed by atoms with Crippen LogP contribution in [0.2, 0.25) is 5.02 Å². The third-order valence-electron chi connectivity index (χ3n) is 6.67. The van der Waals surface area contributed by atoms with E-state index in [0.29, 0.717) is 36.8 Å². The fourth-order valence-electron chi connectivity index (χ4n) is 4.80. The number of para-hydroxylation sites is 2. The van der Waals surface area contributed by atoms with Gasteiger partial charge in [0.1, 0.15) is 11.6 Å². The first-order valence-corrected chi connectivity index (χ1v) is 12.0. The number of anilines is 2. The standard InChI is InChI=1S/C25H25ClF3N5O2/c1-36-21-5-3-2-4-20(21)32-10-12-33(13-11-32)24(35)19-15-23-30-18(16-6-8-17(26)9-7-16)14-22(25(27,28)29)34(23)31-19/h2-9,15,18,22,30H,10-14H2,1H3. The zero-order valence-corrected chi connectivity index (χ0v) is 20.3. The number of benzene rings is 2. The third-order valence-corrected chi connectivity index (χ3v) is 6.93. The van der Waals surface area contributed by atoms with Crippen molar-refractivity contribution in [1.29, 1.82) is 0 Å². The van der Waals surface area contributed by atoms with Crippen LogP contribution in [0.25, 0.3) is 0 Å². The third kappa shape index (κ3) is 4.69. The number of alkyl halides is 3. The molecule has 2 unspecified atom stereocenters. The molecular formula is C25H25ClF3N5O2. The van der Waals surface area contributed by atoms with Crippen molar-refractivity contribution in [2.45, 2.75) is 24.7 Å². The Bertz CT molecular complexity index is 1240. The normalized spacial score (nSPS) is 20.0. The number of piperazine rings is 1. The lowest BCUT2D eigenvalue weighted by molar-refractivity contribution is -0.173. The van der Waals surface area contributed by atoms with Crippen molar-refractivity contribution in [2.24, 2.45) is 0 Å². The highest BCUT2D eigenvalue weighted by molar-refractivity contribution is 6.30. The zero-order chi connectivity index (χ0) is 25.4. The first-order chi connectivity index (χ1) is 17.2. The van der Waals surface area contributed by atoms with Gasteiger partial charge < -0.3 is 19.9 Å². The van der Waals surface area contributed by atoms with E-state index < -0.39 is 18.3 Å². The van der Waals surface area contributed by atoms with Gasteiger partial charge in [-0.05, 0) is 29.8 Å². The zero-order valence-electron chi connectivity index (χ0n) is 19.5. The van der Waals surface area contributed by atoms with Crippen molar-refractivity contribution >= 4 is 29.0 Å². The second kappa shape index (κ2) is 9.57. The molecule has 3 aromatic rings. The number of nitrogens with zero attached hydrogens (tertiary/aromatic N) is 4. The highest BCUT2D eigenvalue weighted by Gasteiger charge is 2.47. The number of ether oxygens (including phenoxy) is 1. The van der Waals surface area contributed by atoms with Crippen LogP contribution in [0.3, 0.4) is 0 Å². The van der Waals surface area contributed by atoms with E-state index in [4.69, 9.17) is 16.3 Å². The van der Waals surface area contributed by atoms with Gasteiger partial charge in [0.2, 0.25) is 0 Å². The Kier molecular flexibility index (Phi) is 6.46. The minimum Gasteiger partial charge on any atom is -0.495 e. The largest absolute Gasteiger partial charge is 0.495 e. The molecular weight excluding hydrogens is 495 g/mol. The van der Waals surface area contributed by atoms with Crippen molar-refractivity contribution < 1.29 is 22.7 Å². The predicted octanol–water partition coefficient (Wildman–Crippen LogP) is 5.17. The highest BCUT2D eigenvalue weighted by atomic mass is 35.5. The van der Waals surface area contributed by atoms with E-state index >= 15 is 0 Å². The van der Waals surface area contributed by atoms with Crippen molar-refractivity contribution in [3.05, 3.63) is 70.9 Å². The van der Waals surface area contributed by atoms with Crippen molar-refractivity contribution in [3.8, 4) is 5.75 Å². The Hall–Kier alpha value is -3.40. The van der Waals surface area contributed by atoms with E-state index in [1.165, 1.54) is 6.07 Å². The van der Waals surface area contributed by atoms with E-state index in [0.717, 1.165) is 16.1 Å². The minimum absolute atomic E-state index is 0.00533. The molecule has 0 saturated carbocycles. The van der Waals surface area contributed by atoms with Gasteiger partial charge in [-0.2, -0.15) is 18.3 Å². The summed E-state index contributed by atoms with van der Waals surface area (Å²) < 4.78 is 48.3. The molecule has 2 aliphatic heterocycles. The maximum atomic E-state index is 14.0. The molecule has 0 bridgehead atoms. The maximum Gasteiger partial charge on any atom is 0.410 e. The molecule has 2 aliphatic rings. The molecule has 11 heteroatoms. The number of hydrogen-bond donors (Lipinski definition) is 1. The molecule has 1 N–H and O–H groups in total. The summed E-state index contributed by atoms with van der Waals surface area (Å²) in [6.07, 6.45) is -4.76. The number of rotatable bonds is 4. The van der Waals surface area contributed by atoms with Gasteiger partial charge in [-0.25, -0.2) is 4.68 Å². The van der Waals surface area contributed by atoms with Gasteiger partial charge >= 0.3 is 6.18 Å². The molecule has 0 spiro atoms. The molecule has 2 atom stereocenters. The summed E-state index contributed by atoms with van der Waals surface area (Å²) in [6, 6.07) is 13.3. The number of halogens is 4. The van der Waals surface area contributed by atoms with Crippen molar-refractivity contribution in [1.82, 2.24) is 14.7 Å². The molecule has 190 valence electrons. The average Bonchev–Trinajstić information content (AvgIpc) is 3.32. The summed E-state index contributed by atoms with van der Waals surface area (Å²) in [5, 5.41) is 7.73. The first-order valence-electron chi connectivity index (χ1n) is 11.6. The van der Waals surface area contributed by atoms with Crippen LogP contribution >= 0.6 is 11.6 Å². The summed E-state index contributed by atoms with van der Waals surface area (Å²) in [5.41, 5.74) is 1.62. The molecule has 0 radical (unpaired) electrons. The monoisotopic (exact) mass is 519 g/mol. The molecule has 0 aliphatic carbocycles. The van der Waals surface area contributed by atoms with Crippen LogP contribution in [-0.2, 0) is 0 Å². The van der Waals surface area contributed by atoms with E-state index in [1.807, 2.05) is 24.3 Å². The molecule has 2 aromatic carbocycles. The minimum atomic E-state index is -4.52. The van der Waals surface area contributed by atoms with Crippen molar-refractivity contribution in [3.63, 3.8) is 0 Å². The number of carbonyl (C=O) groups is 1. The van der Waals surface area contributed by atoms with Crippen LogP contribution in [0.5, 0.6) is 5.75 Å². The Morgan fingerprint density at radius 3 is 2.44 bits per heavy atom. The van der Waals surface area contributed by atoms with Crippen molar-refractivity contribution in [2.75, 3.05) is 43.5 Å². The Balaban J connectivity index is 1.34. The molecule has 7 nitrogen and oxygen atoms in total. The molecule has 1 fully saturated rings. The molecule has 1 saturated heterocycles. The van der Waals surface area contributed by atoms with Crippen LogP contribution in [0, 0.1) is 0 Å². The summed E-state index contributed by atoms with van der Waals surface area (Å²) in [6.45, 7) is 1.98. The fraction of sp³-hybridized carbons (Fsp3) is 0.360. The number of aromatic nitrogens is 2. The molecule has 1 amide bonds. The summed E-state index contributed by atoms with van der Waals surface area (Å²) >= 11 is 5.94. The lowest BCUT2D eigenvalue weighted by Crippen LogP contribution is -2.49. The number of carbonyl (C=O) groups excluding carboxylic acids is 1. The van der Waals surface area contributed by atoms with Crippen LogP contribution in [-0.4, -0.2) is 60.1 Å². The quantitative estimate of drug-likeness (QED) is 0.515. The van der Waals surface area contributed by atoms with Crippen LogP contribution < -0.4 is 15.0 Å². The van der Waals surface area contributed by atoms with Gasteiger partial charge in [0, 0.05) is 43.7 Å². The summed E-state index contributed by atoms with van der Waals surface area (Å²) in [4.78, 5) is 17.0. The number of amides is 1.